The average Bonchev–Trinajstić information content (AvgIpc) is 2.55. The van der Waals surface area contributed by atoms with Crippen LogP contribution in [0.4, 0.5) is 18.9 Å². The lowest BCUT2D eigenvalue weighted by molar-refractivity contribution is -0.118. The Morgan fingerprint density at radius 2 is 1.79 bits per heavy atom. The molecule has 2 aromatic carbocycles. The molecule has 2 unspecified atom stereocenters. The molecule has 2 aromatic rings. The van der Waals surface area contributed by atoms with Crippen LogP contribution < -0.4 is 10.6 Å². The number of rotatable bonds is 5. The van der Waals surface area contributed by atoms with Crippen molar-refractivity contribution in [1.82, 2.24) is 5.32 Å². The number of halogens is 4. The molecule has 3 nitrogen and oxygen atoms in total. The summed E-state index contributed by atoms with van der Waals surface area (Å²) in [5.41, 5.74) is 0.462. The molecule has 0 saturated heterocycles. The van der Waals surface area contributed by atoms with Gasteiger partial charge in [-0.05, 0) is 43.7 Å². The molecule has 0 aliphatic carbocycles. The fraction of sp³-hybridized carbons (Fsp3) is 0.235. The van der Waals surface area contributed by atoms with Crippen LogP contribution in [-0.4, -0.2) is 11.9 Å². The highest BCUT2D eigenvalue weighted by molar-refractivity contribution is 6.30. The predicted molar refractivity (Wildman–Crippen MR) is 87.4 cm³/mol. The topological polar surface area (TPSA) is 41.1 Å². The van der Waals surface area contributed by atoms with Crippen molar-refractivity contribution in [3.05, 3.63) is 64.4 Å². The van der Waals surface area contributed by atoms with Gasteiger partial charge in [-0.1, -0.05) is 23.7 Å². The molecule has 0 fully saturated rings. The maximum atomic E-state index is 13.6. The Balaban J connectivity index is 2.03. The smallest absolute Gasteiger partial charge is 0.241 e. The first kappa shape index (κ1) is 18.3. The van der Waals surface area contributed by atoms with Gasteiger partial charge in [0.25, 0.3) is 0 Å². The minimum atomic E-state index is -1.62. The highest BCUT2D eigenvalue weighted by Gasteiger charge is 2.20. The maximum absolute atomic E-state index is 13.6. The Kier molecular flexibility index (Phi) is 5.85. The largest absolute Gasteiger partial charge is 0.322 e. The van der Waals surface area contributed by atoms with E-state index >= 15 is 0 Å². The summed E-state index contributed by atoms with van der Waals surface area (Å²) in [4.78, 5) is 12.1. The summed E-state index contributed by atoms with van der Waals surface area (Å²) < 4.78 is 39.7. The van der Waals surface area contributed by atoms with Crippen LogP contribution in [-0.2, 0) is 4.79 Å². The number of hydrogen-bond acceptors (Lipinski definition) is 2. The zero-order valence-corrected chi connectivity index (χ0v) is 13.8. The normalized spacial score (nSPS) is 13.4. The van der Waals surface area contributed by atoms with Crippen LogP contribution in [0.5, 0.6) is 0 Å². The lowest BCUT2D eigenvalue weighted by Crippen LogP contribution is -2.39. The molecule has 1 amide bonds. The SMILES string of the molecule is CC(NC(C)c1cccc(Cl)c1)C(=O)Nc1ccc(F)c(F)c1F. The zero-order chi connectivity index (χ0) is 17.9. The monoisotopic (exact) mass is 356 g/mol. The molecule has 0 spiro atoms. The summed E-state index contributed by atoms with van der Waals surface area (Å²) in [6.45, 7) is 3.42. The minimum absolute atomic E-state index is 0.195. The van der Waals surface area contributed by atoms with E-state index in [2.05, 4.69) is 10.6 Å². The first-order valence-electron chi connectivity index (χ1n) is 7.25. The van der Waals surface area contributed by atoms with Crippen LogP contribution >= 0.6 is 11.6 Å². The van der Waals surface area contributed by atoms with Crippen molar-refractivity contribution in [3.8, 4) is 0 Å². The van der Waals surface area contributed by atoms with Gasteiger partial charge in [-0.25, -0.2) is 13.2 Å². The van der Waals surface area contributed by atoms with E-state index in [4.69, 9.17) is 11.6 Å². The summed E-state index contributed by atoms with van der Waals surface area (Å²) in [5.74, 6) is -4.95. The number of benzene rings is 2. The van der Waals surface area contributed by atoms with Gasteiger partial charge >= 0.3 is 0 Å². The van der Waals surface area contributed by atoms with Gasteiger partial charge in [0.1, 0.15) is 0 Å². The van der Waals surface area contributed by atoms with Crippen molar-refractivity contribution in [2.24, 2.45) is 0 Å². The first-order valence-corrected chi connectivity index (χ1v) is 7.63. The fourth-order valence-corrected chi connectivity index (χ4v) is 2.38. The maximum Gasteiger partial charge on any atom is 0.241 e. The highest BCUT2D eigenvalue weighted by Crippen LogP contribution is 2.21. The van der Waals surface area contributed by atoms with Gasteiger partial charge in [-0.3, -0.25) is 10.1 Å². The van der Waals surface area contributed by atoms with Crippen LogP contribution in [0.15, 0.2) is 36.4 Å². The van der Waals surface area contributed by atoms with Crippen molar-refractivity contribution in [3.63, 3.8) is 0 Å². The van der Waals surface area contributed by atoms with Crippen molar-refractivity contribution in [1.29, 1.82) is 0 Å². The number of hydrogen-bond donors (Lipinski definition) is 2. The second-order valence-electron chi connectivity index (χ2n) is 5.38. The van der Waals surface area contributed by atoms with E-state index in [-0.39, 0.29) is 6.04 Å². The molecular formula is C17H16ClF3N2O. The van der Waals surface area contributed by atoms with Crippen molar-refractivity contribution in [2.75, 3.05) is 5.32 Å². The third-order valence-corrected chi connectivity index (χ3v) is 3.77. The summed E-state index contributed by atoms with van der Waals surface area (Å²) in [5, 5.41) is 5.84. The van der Waals surface area contributed by atoms with Crippen molar-refractivity contribution < 1.29 is 18.0 Å². The average molecular weight is 357 g/mol. The Bertz CT molecular complexity index is 755. The van der Waals surface area contributed by atoms with E-state index in [1.54, 1.807) is 25.1 Å². The first-order chi connectivity index (χ1) is 11.3. The summed E-state index contributed by atoms with van der Waals surface area (Å²) in [7, 11) is 0. The Labute approximate surface area is 142 Å². The van der Waals surface area contributed by atoms with Crippen molar-refractivity contribution in [2.45, 2.75) is 25.9 Å². The Morgan fingerprint density at radius 1 is 1.08 bits per heavy atom. The molecule has 0 aliphatic heterocycles. The van der Waals surface area contributed by atoms with Gasteiger partial charge in [0, 0.05) is 11.1 Å². The fourth-order valence-electron chi connectivity index (χ4n) is 2.19. The number of amides is 1. The summed E-state index contributed by atoms with van der Waals surface area (Å²) in [6.07, 6.45) is 0. The number of nitrogens with one attached hydrogen (secondary N) is 2. The molecule has 0 saturated carbocycles. The van der Waals surface area contributed by atoms with E-state index < -0.39 is 35.1 Å². The van der Waals surface area contributed by atoms with Crippen LogP contribution in [0, 0.1) is 17.5 Å². The lowest BCUT2D eigenvalue weighted by atomic mass is 10.1. The van der Waals surface area contributed by atoms with E-state index in [1.165, 1.54) is 0 Å². The van der Waals surface area contributed by atoms with Gasteiger partial charge in [-0.2, -0.15) is 0 Å². The molecule has 2 N–H and O–H groups in total. The van der Waals surface area contributed by atoms with Crippen LogP contribution in [0.1, 0.15) is 25.5 Å². The van der Waals surface area contributed by atoms with Gasteiger partial charge < -0.3 is 5.32 Å². The number of carbonyl (C=O) groups excluding carboxylic acids is 1. The van der Waals surface area contributed by atoms with Crippen LogP contribution in [0.2, 0.25) is 5.02 Å². The zero-order valence-electron chi connectivity index (χ0n) is 13.0. The van der Waals surface area contributed by atoms with Crippen LogP contribution in [0.25, 0.3) is 0 Å². The molecule has 2 rings (SSSR count). The minimum Gasteiger partial charge on any atom is -0.322 e. The van der Waals surface area contributed by atoms with Gasteiger partial charge in [0.2, 0.25) is 5.91 Å². The molecule has 24 heavy (non-hydrogen) atoms. The van der Waals surface area contributed by atoms with Gasteiger partial charge in [0.15, 0.2) is 17.5 Å². The Hall–Kier alpha value is -2.05. The van der Waals surface area contributed by atoms with Gasteiger partial charge in [0.05, 0.1) is 11.7 Å². The Morgan fingerprint density at radius 3 is 2.46 bits per heavy atom. The predicted octanol–water partition coefficient (Wildman–Crippen LogP) is 4.44. The molecule has 7 heteroatoms. The molecule has 0 aromatic heterocycles. The van der Waals surface area contributed by atoms with Gasteiger partial charge in [-0.15, -0.1) is 0 Å². The summed E-state index contributed by atoms with van der Waals surface area (Å²) in [6, 6.07) is 7.96. The molecule has 0 heterocycles. The standard InChI is InChI=1S/C17H16ClF3N2O/c1-9(11-4-3-5-12(18)8-11)22-10(2)17(24)23-14-7-6-13(19)15(20)16(14)21/h3-10,22H,1-2H3,(H,23,24). The van der Waals surface area contributed by atoms with E-state index in [0.717, 1.165) is 17.7 Å². The molecule has 0 bridgehead atoms. The molecule has 2 atom stereocenters. The third-order valence-electron chi connectivity index (χ3n) is 3.54. The van der Waals surface area contributed by atoms with E-state index in [1.807, 2.05) is 13.0 Å². The number of carbonyl (C=O) groups is 1. The second kappa shape index (κ2) is 7.68. The summed E-state index contributed by atoms with van der Waals surface area (Å²) >= 11 is 5.93. The van der Waals surface area contributed by atoms with E-state index in [0.29, 0.717) is 5.02 Å². The highest BCUT2D eigenvalue weighted by atomic mass is 35.5. The molecule has 0 aliphatic rings. The number of anilines is 1. The molecule has 0 radical (unpaired) electrons. The lowest BCUT2D eigenvalue weighted by Gasteiger charge is -2.20. The van der Waals surface area contributed by atoms with E-state index in [9.17, 15) is 18.0 Å². The third kappa shape index (κ3) is 4.27. The van der Waals surface area contributed by atoms with Crippen molar-refractivity contribution >= 4 is 23.2 Å². The molecular weight excluding hydrogens is 341 g/mol. The quantitative estimate of drug-likeness (QED) is 0.778. The molecule has 128 valence electrons. The second-order valence-corrected chi connectivity index (χ2v) is 5.81. The van der Waals surface area contributed by atoms with Crippen LogP contribution in [0.3, 0.4) is 0 Å².